The maximum atomic E-state index is 12.6. The van der Waals surface area contributed by atoms with E-state index in [1.165, 1.54) is 6.20 Å². The van der Waals surface area contributed by atoms with Crippen molar-refractivity contribution in [2.45, 2.75) is 33.2 Å². The molecule has 2 heterocycles. The molecule has 0 spiro atoms. The zero-order chi connectivity index (χ0) is 15.6. The van der Waals surface area contributed by atoms with Gasteiger partial charge in [0.1, 0.15) is 5.56 Å². The van der Waals surface area contributed by atoms with Crippen LogP contribution < -0.4 is 0 Å². The molecular formula is C15H22N4O2. The Bertz CT molecular complexity index is 636. The third-order valence-electron chi connectivity index (χ3n) is 3.56. The van der Waals surface area contributed by atoms with Crippen molar-refractivity contribution in [1.82, 2.24) is 19.5 Å². The number of rotatable bonds is 5. The van der Waals surface area contributed by atoms with Gasteiger partial charge < -0.3 is 10.0 Å². The smallest absolute Gasteiger partial charge is 0.259 e. The third kappa shape index (κ3) is 3.21. The Balaban J connectivity index is 2.30. The van der Waals surface area contributed by atoms with Gasteiger partial charge in [0.2, 0.25) is 0 Å². The molecule has 1 unspecified atom stereocenters. The minimum Gasteiger partial charge on any atom is -0.394 e. The predicted molar refractivity (Wildman–Crippen MR) is 80.1 cm³/mol. The molecule has 0 radical (unpaired) electrons. The Morgan fingerprint density at radius 1 is 1.48 bits per heavy atom. The molecule has 114 valence electrons. The highest BCUT2D eigenvalue weighted by atomic mass is 16.3. The molecule has 2 aromatic heterocycles. The molecule has 2 aromatic rings. The maximum Gasteiger partial charge on any atom is 0.259 e. The Kier molecular flexibility index (Phi) is 4.57. The SMILES string of the molecule is Cc1ccn2ncc(C(=O)N(C)C(CO)CC(C)C)c2n1. The lowest BCUT2D eigenvalue weighted by Crippen LogP contribution is -2.40. The first kappa shape index (κ1) is 15.4. The summed E-state index contributed by atoms with van der Waals surface area (Å²) in [5, 5.41) is 13.7. The Morgan fingerprint density at radius 3 is 2.81 bits per heavy atom. The molecular weight excluding hydrogens is 268 g/mol. The molecule has 6 nitrogen and oxygen atoms in total. The monoisotopic (exact) mass is 290 g/mol. The fourth-order valence-electron chi connectivity index (χ4n) is 2.37. The zero-order valence-electron chi connectivity index (χ0n) is 12.9. The van der Waals surface area contributed by atoms with E-state index in [-0.39, 0.29) is 18.6 Å². The fraction of sp³-hybridized carbons (Fsp3) is 0.533. The van der Waals surface area contributed by atoms with E-state index in [9.17, 15) is 9.90 Å². The highest BCUT2D eigenvalue weighted by Gasteiger charge is 2.24. The van der Waals surface area contributed by atoms with Gasteiger partial charge in [-0.1, -0.05) is 13.8 Å². The van der Waals surface area contributed by atoms with Crippen molar-refractivity contribution >= 4 is 11.6 Å². The summed E-state index contributed by atoms with van der Waals surface area (Å²) in [5.41, 5.74) is 1.84. The lowest BCUT2D eigenvalue weighted by molar-refractivity contribution is 0.0632. The van der Waals surface area contributed by atoms with Crippen LogP contribution in [0, 0.1) is 12.8 Å². The first-order chi connectivity index (χ1) is 9.93. The van der Waals surface area contributed by atoms with Crippen molar-refractivity contribution in [3.05, 3.63) is 29.7 Å². The van der Waals surface area contributed by atoms with Crippen molar-refractivity contribution in [3.63, 3.8) is 0 Å². The van der Waals surface area contributed by atoms with Crippen LogP contribution in [0.4, 0.5) is 0 Å². The highest BCUT2D eigenvalue weighted by Crippen LogP contribution is 2.16. The average Bonchev–Trinajstić information content (AvgIpc) is 2.85. The van der Waals surface area contributed by atoms with Crippen LogP contribution in [0.3, 0.4) is 0 Å². The summed E-state index contributed by atoms with van der Waals surface area (Å²) in [5.74, 6) is 0.240. The van der Waals surface area contributed by atoms with E-state index in [2.05, 4.69) is 23.9 Å². The normalized spacial score (nSPS) is 12.9. The lowest BCUT2D eigenvalue weighted by atomic mass is 10.0. The summed E-state index contributed by atoms with van der Waals surface area (Å²) >= 11 is 0. The quantitative estimate of drug-likeness (QED) is 0.906. The number of nitrogens with zero attached hydrogens (tertiary/aromatic N) is 4. The van der Waals surface area contributed by atoms with Gasteiger partial charge in [-0.2, -0.15) is 5.10 Å². The predicted octanol–water partition coefficient (Wildman–Crippen LogP) is 1.52. The molecule has 6 heteroatoms. The Hall–Kier alpha value is -1.95. The minimum atomic E-state index is -0.197. The number of hydrogen-bond donors (Lipinski definition) is 1. The summed E-state index contributed by atoms with van der Waals surface area (Å²) < 4.78 is 1.59. The highest BCUT2D eigenvalue weighted by molar-refractivity contribution is 5.99. The van der Waals surface area contributed by atoms with Gasteiger partial charge in [-0.05, 0) is 25.3 Å². The van der Waals surface area contributed by atoms with Gasteiger partial charge in [-0.15, -0.1) is 0 Å². The standard InChI is InChI=1S/C15H22N4O2/c1-10(2)7-12(9-20)18(4)15(21)13-8-16-19-6-5-11(3)17-14(13)19/h5-6,8,10,12,20H,7,9H2,1-4H3. The van der Waals surface area contributed by atoms with Crippen molar-refractivity contribution in [2.24, 2.45) is 5.92 Å². The number of aryl methyl sites for hydroxylation is 1. The molecule has 0 bridgehead atoms. The number of amides is 1. The van der Waals surface area contributed by atoms with Crippen LogP contribution in [0.5, 0.6) is 0 Å². The van der Waals surface area contributed by atoms with Crippen molar-refractivity contribution in [2.75, 3.05) is 13.7 Å². The molecule has 1 atom stereocenters. The second-order valence-electron chi connectivity index (χ2n) is 5.78. The summed E-state index contributed by atoms with van der Waals surface area (Å²) in [4.78, 5) is 18.6. The van der Waals surface area contributed by atoms with E-state index in [0.717, 1.165) is 12.1 Å². The van der Waals surface area contributed by atoms with Gasteiger partial charge in [0, 0.05) is 18.9 Å². The number of carbonyl (C=O) groups is 1. The molecule has 21 heavy (non-hydrogen) atoms. The first-order valence-electron chi connectivity index (χ1n) is 7.13. The summed E-state index contributed by atoms with van der Waals surface area (Å²) in [7, 11) is 1.71. The number of hydrogen-bond acceptors (Lipinski definition) is 4. The van der Waals surface area contributed by atoms with Crippen LogP contribution in [-0.4, -0.2) is 50.2 Å². The molecule has 2 rings (SSSR count). The largest absolute Gasteiger partial charge is 0.394 e. The molecule has 0 saturated carbocycles. The number of fused-ring (bicyclic) bond motifs is 1. The minimum absolute atomic E-state index is 0.0495. The van der Waals surface area contributed by atoms with Gasteiger partial charge in [0.15, 0.2) is 5.65 Å². The molecule has 0 fully saturated rings. The van der Waals surface area contributed by atoms with E-state index in [4.69, 9.17) is 0 Å². The molecule has 0 aliphatic heterocycles. The van der Waals surface area contributed by atoms with Crippen LogP contribution in [0.2, 0.25) is 0 Å². The number of carbonyl (C=O) groups excluding carboxylic acids is 1. The molecule has 0 aliphatic rings. The first-order valence-corrected chi connectivity index (χ1v) is 7.13. The molecule has 1 amide bonds. The van der Waals surface area contributed by atoms with Gasteiger partial charge >= 0.3 is 0 Å². The second kappa shape index (κ2) is 6.22. The molecule has 0 saturated heterocycles. The van der Waals surface area contributed by atoms with E-state index >= 15 is 0 Å². The van der Waals surface area contributed by atoms with E-state index < -0.39 is 0 Å². The van der Waals surface area contributed by atoms with E-state index in [0.29, 0.717) is 17.1 Å². The van der Waals surface area contributed by atoms with Crippen LogP contribution in [0.25, 0.3) is 5.65 Å². The van der Waals surface area contributed by atoms with Gasteiger partial charge in [0.05, 0.1) is 18.8 Å². The second-order valence-corrected chi connectivity index (χ2v) is 5.78. The van der Waals surface area contributed by atoms with Crippen LogP contribution in [0.15, 0.2) is 18.5 Å². The summed E-state index contributed by atoms with van der Waals surface area (Å²) in [6, 6.07) is 1.64. The van der Waals surface area contributed by atoms with Crippen LogP contribution >= 0.6 is 0 Å². The number of aromatic nitrogens is 3. The van der Waals surface area contributed by atoms with Crippen molar-refractivity contribution in [3.8, 4) is 0 Å². The average molecular weight is 290 g/mol. The number of aliphatic hydroxyl groups is 1. The van der Waals surface area contributed by atoms with Crippen LogP contribution in [0.1, 0.15) is 36.3 Å². The van der Waals surface area contributed by atoms with Gasteiger partial charge in [-0.3, -0.25) is 4.79 Å². The summed E-state index contributed by atoms with van der Waals surface area (Å²) in [6.07, 6.45) is 4.07. The Labute approximate surface area is 124 Å². The van der Waals surface area contributed by atoms with Gasteiger partial charge in [0.25, 0.3) is 5.91 Å². The number of likely N-dealkylation sites (N-methyl/N-ethyl adjacent to an activating group) is 1. The molecule has 1 N–H and O–H groups in total. The lowest BCUT2D eigenvalue weighted by Gasteiger charge is -2.27. The van der Waals surface area contributed by atoms with Crippen molar-refractivity contribution in [1.29, 1.82) is 0 Å². The molecule has 0 aromatic carbocycles. The van der Waals surface area contributed by atoms with E-state index in [1.807, 2.05) is 13.0 Å². The molecule has 0 aliphatic carbocycles. The maximum absolute atomic E-state index is 12.6. The summed E-state index contributed by atoms with van der Waals surface area (Å²) in [6.45, 7) is 5.97. The number of aliphatic hydroxyl groups excluding tert-OH is 1. The van der Waals surface area contributed by atoms with Crippen molar-refractivity contribution < 1.29 is 9.90 Å². The fourth-order valence-corrected chi connectivity index (χ4v) is 2.37. The van der Waals surface area contributed by atoms with Crippen LogP contribution in [-0.2, 0) is 0 Å². The third-order valence-corrected chi connectivity index (χ3v) is 3.56. The van der Waals surface area contributed by atoms with Gasteiger partial charge in [-0.25, -0.2) is 9.50 Å². The zero-order valence-corrected chi connectivity index (χ0v) is 12.9. The van der Waals surface area contributed by atoms with E-state index in [1.54, 1.807) is 22.7 Å². The Morgan fingerprint density at radius 2 is 2.19 bits per heavy atom. The topological polar surface area (TPSA) is 70.7 Å².